The van der Waals surface area contributed by atoms with Crippen LogP contribution in [0, 0.1) is 6.92 Å². The Hall–Kier alpha value is -2.29. The summed E-state index contributed by atoms with van der Waals surface area (Å²) in [5.41, 5.74) is 1.96. The highest BCUT2D eigenvalue weighted by molar-refractivity contribution is 7.92. The van der Waals surface area contributed by atoms with Gasteiger partial charge < -0.3 is 10.2 Å². The second-order valence-corrected chi connectivity index (χ2v) is 10.9. The van der Waals surface area contributed by atoms with E-state index in [2.05, 4.69) is 5.32 Å². The Bertz CT molecular complexity index is 1120. The number of nitrogens with one attached hydrogen (secondary N) is 1. The van der Waals surface area contributed by atoms with Gasteiger partial charge in [-0.3, -0.25) is 13.9 Å². The number of sulfonamides is 1. The maximum absolute atomic E-state index is 13.5. The first-order valence-corrected chi connectivity index (χ1v) is 13.6. The molecular formula is C24H31Cl2N3O4S. The zero-order chi connectivity index (χ0) is 25.5. The highest BCUT2D eigenvalue weighted by atomic mass is 35.5. The van der Waals surface area contributed by atoms with E-state index in [1.165, 1.54) is 23.1 Å². The molecule has 0 radical (unpaired) electrons. The minimum Gasteiger partial charge on any atom is -0.354 e. The van der Waals surface area contributed by atoms with Crippen molar-refractivity contribution >= 4 is 50.7 Å². The van der Waals surface area contributed by atoms with Crippen LogP contribution in [-0.4, -0.2) is 50.5 Å². The van der Waals surface area contributed by atoms with Gasteiger partial charge in [0.2, 0.25) is 21.8 Å². The number of hydrogen-bond donors (Lipinski definition) is 1. The van der Waals surface area contributed by atoms with Crippen LogP contribution in [0.5, 0.6) is 0 Å². The average molecular weight is 529 g/mol. The molecule has 0 unspecified atom stereocenters. The van der Waals surface area contributed by atoms with Crippen molar-refractivity contribution in [3.05, 3.63) is 63.6 Å². The van der Waals surface area contributed by atoms with E-state index in [1.807, 2.05) is 38.1 Å². The van der Waals surface area contributed by atoms with E-state index in [0.29, 0.717) is 11.6 Å². The Morgan fingerprint density at radius 1 is 1.12 bits per heavy atom. The van der Waals surface area contributed by atoms with Crippen molar-refractivity contribution in [2.24, 2.45) is 0 Å². The highest BCUT2D eigenvalue weighted by Crippen LogP contribution is 2.30. The van der Waals surface area contributed by atoms with Gasteiger partial charge in [-0.2, -0.15) is 0 Å². The molecule has 1 atom stereocenters. The third kappa shape index (κ3) is 7.61. The van der Waals surface area contributed by atoms with E-state index in [4.69, 9.17) is 23.2 Å². The van der Waals surface area contributed by atoms with Crippen LogP contribution in [0.4, 0.5) is 5.69 Å². The zero-order valence-electron chi connectivity index (χ0n) is 19.8. The summed E-state index contributed by atoms with van der Waals surface area (Å²) in [6.45, 7) is 5.71. The Kier molecular flexibility index (Phi) is 10.2. The number of carbonyl (C=O) groups excluding carboxylic acids is 2. The van der Waals surface area contributed by atoms with Gasteiger partial charge in [0.05, 0.1) is 17.0 Å². The Morgan fingerprint density at radius 3 is 2.38 bits per heavy atom. The van der Waals surface area contributed by atoms with Gasteiger partial charge in [0.25, 0.3) is 0 Å². The number of anilines is 1. The topological polar surface area (TPSA) is 86.8 Å². The van der Waals surface area contributed by atoms with Crippen LogP contribution in [0.25, 0.3) is 0 Å². The molecule has 7 nitrogen and oxygen atoms in total. The Labute approximate surface area is 212 Å². The standard InChI is InChI=1S/C24H31Cl2N3O4S/c1-5-6-13-27-24(31)18(3)28(15-19-10-8-7-9-17(19)2)23(30)16-29(34(4,32)33)22-12-11-20(25)14-21(22)26/h7-12,14,18H,5-6,13,15-16H2,1-4H3,(H,27,31)/t18-/m1/s1. The lowest BCUT2D eigenvalue weighted by molar-refractivity contribution is -0.139. The summed E-state index contributed by atoms with van der Waals surface area (Å²) >= 11 is 12.2. The first-order chi connectivity index (χ1) is 16.0. The number of unbranched alkanes of at least 4 members (excludes halogenated alkanes) is 1. The number of aryl methyl sites for hydroxylation is 1. The van der Waals surface area contributed by atoms with Crippen molar-refractivity contribution in [1.82, 2.24) is 10.2 Å². The number of carbonyl (C=O) groups is 2. The minimum absolute atomic E-state index is 0.0986. The maximum atomic E-state index is 13.5. The molecule has 0 saturated carbocycles. The van der Waals surface area contributed by atoms with Crippen LogP contribution in [0.15, 0.2) is 42.5 Å². The van der Waals surface area contributed by atoms with Crippen molar-refractivity contribution in [3.8, 4) is 0 Å². The van der Waals surface area contributed by atoms with Gasteiger partial charge in [0.1, 0.15) is 12.6 Å². The molecule has 0 aromatic heterocycles. The second-order valence-electron chi connectivity index (χ2n) is 8.13. The molecule has 2 rings (SSSR count). The molecule has 0 aliphatic rings. The molecule has 0 heterocycles. The molecule has 186 valence electrons. The monoisotopic (exact) mass is 527 g/mol. The molecule has 0 saturated heterocycles. The fourth-order valence-electron chi connectivity index (χ4n) is 3.37. The van der Waals surface area contributed by atoms with E-state index in [9.17, 15) is 18.0 Å². The summed E-state index contributed by atoms with van der Waals surface area (Å²) in [6.07, 6.45) is 2.74. The first-order valence-electron chi connectivity index (χ1n) is 11.0. The molecule has 0 aliphatic carbocycles. The van der Waals surface area contributed by atoms with E-state index in [1.54, 1.807) is 6.92 Å². The molecular weight excluding hydrogens is 497 g/mol. The molecule has 0 fully saturated rings. The second kappa shape index (κ2) is 12.4. The van der Waals surface area contributed by atoms with Crippen molar-refractivity contribution in [2.45, 2.75) is 46.2 Å². The molecule has 0 aliphatic heterocycles. The molecule has 2 aromatic carbocycles. The van der Waals surface area contributed by atoms with Gasteiger partial charge in [-0.15, -0.1) is 0 Å². The predicted octanol–water partition coefficient (Wildman–Crippen LogP) is 4.40. The predicted molar refractivity (Wildman–Crippen MR) is 138 cm³/mol. The minimum atomic E-state index is -3.87. The van der Waals surface area contributed by atoms with Crippen LogP contribution < -0.4 is 9.62 Å². The van der Waals surface area contributed by atoms with Gasteiger partial charge in [0, 0.05) is 18.1 Å². The van der Waals surface area contributed by atoms with Crippen molar-refractivity contribution < 1.29 is 18.0 Å². The van der Waals surface area contributed by atoms with Crippen molar-refractivity contribution in [2.75, 3.05) is 23.7 Å². The molecule has 0 bridgehead atoms. The lowest BCUT2D eigenvalue weighted by Crippen LogP contribution is -2.51. The van der Waals surface area contributed by atoms with Crippen LogP contribution in [0.1, 0.15) is 37.8 Å². The van der Waals surface area contributed by atoms with Crippen molar-refractivity contribution in [1.29, 1.82) is 0 Å². The van der Waals surface area contributed by atoms with Crippen LogP contribution in [0.2, 0.25) is 10.0 Å². The summed E-state index contributed by atoms with van der Waals surface area (Å²) in [5, 5.41) is 3.29. The van der Waals surface area contributed by atoms with Crippen molar-refractivity contribution in [3.63, 3.8) is 0 Å². The molecule has 2 amide bonds. The van der Waals surface area contributed by atoms with E-state index >= 15 is 0 Å². The number of halogens is 2. The third-order valence-corrected chi connectivity index (χ3v) is 7.12. The summed E-state index contributed by atoms with van der Waals surface area (Å²) in [5.74, 6) is -0.830. The number of hydrogen-bond acceptors (Lipinski definition) is 4. The Balaban J connectivity index is 2.39. The van der Waals surface area contributed by atoms with Gasteiger partial charge in [0.15, 0.2) is 0 Å². The zero-order valence-corrected chi connectivity index (χ0v) is 22.2. The fraction of sp³-hybridized carbons (Fsp3) is 0.417. The largest absolute Gasteiger partial charge is 0.354 e. The van der Waals surface area contributed by atoms with Crippen LogP contribution >= 0.6 is 23.2 Å². The first kappa shape index (κ1) is 28.0. The summed E-state index contributed by atoms with van der Waals surface area (Å²) in [6, 6.07) is 11.1. The lowest BCUT2D eigenvalue weighted by atomic mass is 10.1. The summed E-state index contributed by atoms with van der Waals surface area (Å²) in [4.78, 5) is 27.7. The normalized spacial score (nSPS) is 12.2. The summed E-state index contributed by atoms with van der Waals surface area (Å²) < 4.78 is 26.1. The molecule has 0 spiro atoms. The van der Waals surface area contributed by atoms with E-state index in [-0.39, 0.29) is 23.2 Å². The lowest BCUT2D eigenvalue weighted by Gasteiger charge is -2.32. The molecule has 10 heteroatoms. The number of benzene rings is 2. The van der Waals surface area contributed by atoms with Gasteiger partial charge in [-0.1, -0.05) is 60.8 Å². The van der Waals surface area contributed by atoms with Gasteiger partial charge in [-0.25, -0.2) is 8.42 Å². The highest BCUT2D eigenvalue weighted by Gasteiger charge is 2.31. The maximum Gasteiger partial charge on any atom is 0.244 e. The SMILES string of the molecule is CCCCNC(=O)[C@@H](C)N(Cc1ccccc1C)C(=O)CN(c1ccc(Cl)cc1Cl)S(C)(=O)=O. The smallest absolute Gasteiger partial charge is 0.244 e. The quantitative estimate of drug-likeness (QED) is 0.438. The molecule has 2 aromatic rings. The molecule has 1 N–H and O–H groups in total. The van der Waals surface area contributed by atoms with Gasteiger partial charge in [-0.05, 0) is 49.6 Å². The van der Waals surface area contributed by atoms with Crippen LogP contribution in [-0.2, 0) is 26.2 Å². The summed E-state index contributed by atoms with van der Waals surface area (Å²) in [7, 11) is -3.87. The number of rotatable bonds is 11. The third-order valence-electron chi connectivity index (χ3n) is 5.46. The number of nitrogens with zero attached hydrogens (tertiary/aromatic N) is 2. The Morgan fingerprint density at radius 2 is 1.79 bits per heavy atom. The molecule has 34 heavy (non-hydrogen) atoms. The van der Waals surface area contributed by atoms with Crippen LogP contribution in [0.3, 0.4) is 0 Å². The fourth-order valence-corrected chi connectivity index (χ4v) is 4.79. The van der Waals surface area contributed by atoms with E-state index in [0.717, 1.165) is 34.5 Å². The van der Waals surface area contributed by atoms with E-state index < -0.39 is 28.5 Å². The number of amides is 2. The average Bonchev–Trinajstić information content (AvgIpc) is 2.76. The van der Waals surface area contributed by atoms with Gasteiger partial charge >= 0.3 is 0 Å².